The number of halogens is 1. The Bertz CT molecular complexity index is 1420. The lowest BCUT2D eigenvalue weighted by Gasteiger charge is -2.19. The van der Waals surface area contributed by atoms with Crippen molar-refractivity contribution in [2.24, 2.45) is 5.73 Å². The van der Waals surface area contributed by atoms with Crippen LogP contribution in [0.5, 0.6) is 0 Å². The number of hydrogen-bond donors (Lipinski definition) is 3. The first-order valence-corrected chi connectivity index (χ1v) is 11.9. The molecule has 0 unspecified atom stereocenters. The van der Waals surface area contributed by atoms with Crippen molar-refractivity contribution in [2.45, 2.75) is 39.2 Å². The lowest BCUT2D eigenvalue weighted by molar-refractivity contribution is -0.113. The van der Waals surface area contributed by atoms with Crippen molar-refractivity contribution in [2.75, 3.05) is 5.32 Å². The highest BCUT2D eigenvalue weighted by molar-refractivity contribution is 6.08. The average molecular weight is 501 g/mol. The highest BCUT2D eigenvalue weighted by Crippen LogP contribution is 2.22. The molecule has 0 radical (unpaired) electrons. The maximum atomic E-state index is 13.4. The minimum atomic E-state index is -0.614. The zero-order valence-corrected chi connectivity index (χ0v) is 21.0. The summed E-state index contributed by atoms with van der Waals surface area (Å²) in [6.07, 6.45) is 0.775. The number of para-hydroxylation sites is 2. The van der Waals surface area contributed by atoms with Crippen molar-refractivity contribution in [3.63, 3.8) is 0 Å². The quantitative estimate of drug-likeness (QED) is 0.226. The molecule has 0 bridgehead atoms. The van der Waals surface area contributed by atoms with Crippen molar-refractivity contribution >= 4 is 34.6 Å². The molecule has 0 aliphatic heterocycles. The maximum absolute atomic E-state index is 13.4. The largest absolute Gasteiger partial charge is 0.456 e. The molecule has 1 amide bonds. The molecule has 0 fully saturated rings. The van der Waals surface area contributed by atoms with Crippen LogP contribution in [0.2, 0.25) is 0 Å². The molecule has 37 heavy (non-hydrogen) atoms. The highest BCUT2D eigenvalue weighted by atomic mass is 19.1. The second-order valence-electron chi connectivity index (χ2n) is 9.65. The van der Waals surface area contributed by atoms with Gasteiger partial charge in [-0.05, 0) is 81.1 Å². The fourth-order valence-electron chi connectivity index (χ4n) is 3.78. The van der Waals surface area contributed by atoms with E-state index in [0.29, 0.717) is 35.5 Å². The van der Waals surface area contributed by atoms with Gasteiger partial charge in [0.25, 0.3) is 5.91 Å². The predicted octanol–water partition coefficient (Wildman–Crippen LogP) is 5.60. The number of carbonyl (C=O) groups is 2. The summed E-state index contributed by atoms with van der Waals surface area (Å²) in [6.45, 7) is 5.40. The third-order valence-corrected chi connectivity index (χ3v) is 5.63. The number of aromatic nitrogens is 2. The molecule has 4 aromatic rings. The van der Waals surface area contributed by atoms with Crippen LogP contribution in [0.3, 0.4) is 0 Å². The van der Waals surface area contributed by atoms with Crippen molar-refractivity contribution in [3.05, 3.63) is 101 Å². The highest BCUT2D eigenvalue weighted by Gasteiger charge is 2.20. The van der Waals surface area contributed by atoms with Crippen LogP contribution in [-0.4, -0.2) is 27.4 Å². The van der Waals surface area contributed by atoms with Crippen molar-refractivity contribution in [1.82, 2.24) is 9.97 Å². The van der Waals surface area contributed by atoms with Gasteiger partial charge in [0, 0.05) is 11.3 Å². The Hall–Kier alpha value is -4.46. The molecule has 0 aliphatic carbocycles. The molecule has 0 aliphatic rings. The van der Waals surface area contributed by atoms with Gasteiger partial charge in [0.15, 0.2) is 0 Å². The Labute approximate surface area is 214 Å². The van der Waals surface area contributed by atoms with E-state index in [9.17, 15) is 14.0 Å². The summed E-state index contributed by atoms with van der Waals surface area (Å²) < 4.78 is 18.8. The Balaban J connectivity index is 1.61. The predicted molar refractivity (Wildman–Crippen MR) is 142 cm³/mol. The number of nitrogens with one attached hydrogen (secondary N) is 2. The number of imidazole rings is 1. The number of nitrogens with two attached hydrogens (primary N) is 1. The summed E-state index contributed by atoms with van der Waals surface area (Å²) >= 11 is 0. The Kier molecular flexibility index (Phi) is 7.38. The molecule has 4 N–H and O–H groups in total. The number of carbonyl (C=O) groups excluding carboxylic acids is 2. The van der Waals surface area contributed by atoms with Gasteiger partial charge < -0.3 is 15.5 Å². The van der Waals surface area contributed by atoms with E-state index in [1.807, 2.05) is 24.3 Å². The first-order valence-electron chi connectivity index (χ1n) is 11.9. The van der Waals surface area contributed by atoms with Crippen LogP contribution in [-0.2, 0) is 16.0 Å². The first-order chi connectivity index (χ1) is 17.6. The van der Waals surface area contributed by atoms with Crippen LogP contribution < -0.4 is 11.1 Å². The van der Waals surface area contributed by atoms with Crippen molar-refractivity contribution < 1.29 is 18.7 Å². The van der Waals surface area contributed by atoms with Gasteiger partial charge in [0.05, 0.1) is 16.6 Å². The Morgan fingerprint density at radius 3 is 2.27 bits per heavy atom. The fraction of sp³-hybridized carbons (Fsp3) is 0.207. The SMILES string of the molecule is CC(C)(C)OC(=O)c1ccc(/C(N)=C(\CCc2ccc(F)cc2)C(=O)Nc2nc3ccccc3[nH]2)cc1. The van der Waals surface area contributed by atoms with Crippen LogP contribution in [0.25, 0.3) is 16.7 Å². The van der Waals surface area contributed by atoms with Gasteiger partial charge >= 0.3 is 5.97 Å². The van der Waals surface area contributed by atoms with Crippen LogP contribution >= 0.6 is 0 Å². The van der Waals surface area contributed by atoms with E-state index >= 15 is 0 Å². The molecule has 0 saturated carbocycles. The second kappa shape index (κ2) is 10.7. The number of hydrogen-bond acceptors (Lipinski definition) is 5. The number of nitrogens with zero attached hydrogens (tertiary/aromatic N) is 1. The summed E-state index contributed by atoms with van der Waals surface area (Å²) in [7, 11) is 0. The molecule has 1 aromatic heterocycles. The maximum Gasteiger partial charge on any atom is 0.338 e. The number of ether oxygens (including phenoxy) is 1. The molecule has 0 spiro atoms. The number of amides is 1. The molecule has 4 rings (SSSR count). The molecular formula is C29H29FN4O3. The van der Waals surface area contributed by atoms with Crippen LogP contribution in [0.15, 0.2) is 78.4 Å². The third kappa shape index (κ3) is 6.61. The molecule has 8 heteroatoms. The summed E-state index contributed by atoms with van der Waals surface area (Å²) in [4.78, 5) is 33.2. The zero-order chi connectivity index (χ0) is 26.6. The number of anilines is 1. The number of esters is 1. The molecule has 190 valence electrons. The van der Waals surface area contributed by atoms with E-state index in [0.717, 1.165) is 16.6 Å². The van der Waals surface area contributed by atoms with Gasteiger partial charge in [-0.15, -0.1) is 0 Å². The summed E-state index contributed by atoms with van der Waals surface area (Å²) in [5.41, 5.74) is 9.84. The summed E-state index contributed by atoms with van der Waals surface area (Å²) in [5.74, 6) is -0.874. The molecule has 0 atom stereocenters. The number of benzene rings is 3. The Morgan fingerprint density at radius 2 is 1.62 bits per heavy atom. The number of rotatable bonds is 7. The fourth-order valence-corrected chi connectivity index (χ4v) is 3.78. The van der Waals surface area contributed by atoms with Gasteiger partial charge in [0.1, 0.15) is 11.4 Å². The molecule has 7 nitrogen and oxygen atoms in total. The van der Waals surface area contributed by atoms with Crippen molar-refractivity contribution in [3.8, 4) is 0 Å². The number of aryl methyl sites for hydroxylation is 1. The van der Waals surface area contributed by atoms with Crippen molar-refractivity contribution in [1.29, 1.82) is 0 Å². The third-order valence-electron chi connectivity index (χ3n) is 5.63. The number of fused-ring (bicyclic) bond motifs is 1. The van der Waals surface area contributed by atoms with Gasteiger partial charge in [0.2, 0.25) is 5.95 Å². The Morgan fingerprint density at radius 1 is 0.973 bits per heavy atom. The monoisotopic (exact) mass is 500 g/mol. The van der Waals surface area contributed by atoms with E-state index < -0.39 is 17.5 Å². The topological polar surface area (TPSA) is 110 Å². The van der Waals surface area contributed by atoms with Gasteiger partial charge in [-0.1, -0.05) is 36.4 Å². The molecule has 0 saturated heterocycles. The minimum Gasteiger partial charge on any atom is -0.456 e. The number of aromatic amines is 1. The van der Waals surface area contributed by atoms with Crippen LogP contribution in [0, 0.1) is 5.82 Å². The smallest absolute Gasteiger partial charge is 0.338 e. The van der Waals surface area contributed by atoms with Crippen LogP contribution in [0.1, 0.15) is 48.7 Å². The normalized spacial score (nSPS) is 12.2. The molecule has 3 aromatic carbocycles. The van der Waals surface area contributed by atoms with Crippen LogP contribution in [0.4, 0.5) is 10.3 Å². The van der Waals surface area contributed by atoms with E-state index in [1.165, 1.54) is 12.1 Å². The van der Waals surface area contributed by atoms with E-state index in [4.69, 9.17) is 10.5 Å². The molecular weight excluding hydrogens is 471 g/mol. The first kappa shape index (κ1) is 25.6. The number of H-pyrrole nitrogens is 1. The minimum absolute atomic E-state index is 0.270. The van der Waals surface area contributed by atoms with Gasteiger partial charge in [-0.2, -0.15) is 0 Å². The van der Waals surface area contributed by atoms with Gasteiger partial charge in [-0.3, -0.25) is 10.1 Å². The summed E-state index contributed by atoms with van der Waals surface area (Å²) in [6, 6.07) is 20.2. The standard InChI is InChI=1S/C29H29FN4O3/c1-29(2,3)37-27(36)20-13-11-19(12-14-20)25(31)22(17-10-18-8-15-21(30)16-9-18)26(35)34-28-32-23-6-4-5-7-24(23)33-28/h4-9,11-16H,10,17,31H2,1-3H3,(H2,32,33,34,35)/b25-22-. The second-order valence-corrected chi connectivity index (χ2v) is 9.65. The van der Waals surface area contributed by atoms with E-state index in [-0.39, 0.29) is 11.5 Å². The van der Waals surface area contributed by atoms with E-state index in [2.05, 4.69) is 15.3 Å². The summed E-state index contributed by atoms with van der Waals surface area (Å²) in [5, 5.41) is 2.81. The van der Waals surface area contributed by atoms with Gasteiger partial charge in [-0.25, -0.2) is 14.2 Å². The average Bonchev–Trinajstić information content (AvgIpc) is 3.26. The lowest BCUT2D eigenvalue weighted by Crippen LogP contribution is -2.24. The van der Waals surface area contributed by atoms with E-state index in [1.54, 1.807) is 57.2 Å². The zero-order valence-electron chi connectivity index (χ0n) is 21.0. The lowest BCUT2D eigenvalue weighted by atomic mass is 9.98. The molecule has 1 heterocycles.